The lowest BCUT2D eigenvalue weighted by Gasteiger charge is -2.19. The molecule has 1 heterocycles. The molecule has 2 amide bonds. The number of primary amides is 1. The number of unbranched alkanes of at least 4 members (excludes halogenated alkanes) is 1. The third kappa shape index (κ3) is 5.30. The number of rotatable bonds is 7. The summed E-state index contributed by atoms with van der Waals surface area (Å²) in [5.41, 5.74) is 6.05. The predicted octanol–water partition coefficient (Wildman–Crippen LogP) is 1.98. The van der Waals surface area contributed by atoms with Crippen molar-refractivity contribution in [1.82, 2.24) is 4.90 Å². The van der Waals surface area contributed by atoms with Crippen molar-refractivity contribution in [3.63, 3.8) is 0 Å². The molecule has 0 atom stereocenters. The van der Waals surface area contributed by atoms with Crippen molar-refractivity contribution in [3.05, 3.63) is 29.8 Å². The van der Waals surface area contributed by atoms with Crippen LogP contribution in [-0.2, 0) is 9.59 Å². The van der Waals surface area contributed by atoms with E-state index in [1.807, 2.05) is 25.1 Å². The minimum absolute atomic E-state index is 0.0652. The van der Waals surface area contributed by atoms with Gasteiger partial charge in [-0.25, -0.2) is 0 Å². The number of ether oxygens (including phenoxy) is 2. The molecular formula is C18H24N2O4. The first-order valence-corrected chi connectivity index (χ1v) is 8.25. The molecule has 0 aromatic heterocycles. The summed E-state index contributed by atoms with van der Waals surface area (Å²) in [4.78, 5) is 24.9. The van der Waals surface area contributed by atoms with Crippen molar-refractivity contribution in [3.8, 4) is 11.5 Å². The van der Waals surface area contributed by atoms with Crippen molar-refractivity contribution >= 4 is 17.9 Å². The molecule has 1 aromatic rings. The van der Waals surface area contributed by atoms with E-state index in [2.05, 4.69) is 0 Å². The van der Waals surface area contributed by atoms with Crippen molar-refractivity contribution in [2.24, 2.45) is 5.73 Å². The lowest BCUT2D eigenvalue weighted by Crippen LogP contribution is -2.38. The minimum atomic E-state index is -0.511. The van der Waals surface area contributed by atoms with Gasteiger partial charge in [-0.1, -0.05) is 19.4 Å². The molecule has 0 unspecified atom stereocenters. The molecule has 1 aliphatic heterocycles. The van der Waals surface area contributed by atoms with Crippen LogP contribution in [0.5, 0.6) is 11.5 Å². The molecular weight excluding hydrogens is 308 g/mol. The Balaban J connectivity index is 2.06. The second-order valence-electron chi connectivity index (χ2n) is 5.67. The second kappa shape index (κ2) is 8.96. The molecule has 0 fully saturated rings. The number of hydrogen-bond acceptors (Lipinski definition) is 4. The minimum Gasteiger partial charge on any atom is -0.490 e. The third-order valence-corrected chi connectivity index (χ3v) is 3.63. The first-order chi connectivity index (χ1) is 11.6. The topological polar surface area (TPSA) is 81.9 Å². The lowest BCUT2D eigenvalue weighted by molar-refractivity contribution is -0.131. The quantitative estimate of drug-likeness (QED) is 0.774. The van der Waals surface area contributed by atoms with Crippen LogP contribution in [0.25, 0.3) is 6.08 Å². The van der Waals surface area contributed by atoms with Crippen LogP contribution >= 0.6 is 0 Å². The highest BCUT2D eigenvalue weighted by molar-refractivity contribution is 5.94. The van der Waals surface area contributed by atoms with Crippen LogP contribution in [0.1, 0.15) is 31.7 Å². The zero-order valence-corrected chi connectivity index (χ0v) is 14.0. The SMILES string of the molecule is CCCCN(CC(N)=O)C(=O)/C=C/c1ccc2c(c1)OCCCO2. The van der Waals surface area contributed by atoms with Gasteiger partial charge in [0.05, 0.1) is 19.8 Å². The van der Waals surface area contributed by atoms with Crippen LogP contribution in [-0.4, -0.2) is 43.0 Å². The van der Waals surface area contributed by atoms with Gasteiger partial charge in [0.2, 0.25) is 11.8 Å². The third-order valence-electron chi connectivity index (χ3n) is 3.63. The van der Waals surface area contributed by atoms with Gasteiger partial charge < -0.3 is 20.1 Å². The molecule has 2 N–H and O–H groups in total. The molecule has 0 aliphatic carbocycles. The fourth-order valence-corrected chi connectivity index (χ4v) is 2.36. The van der Waals surface area contributed by atoms with Crippen molar-refractivity contribution in [1.29, 1.82) is 0 Å². The van der Waals surface area contributed by atoms with Gasteiger partial charge in [-0.2, -0.15) is 0 Å². The number of fused-ring (bicyclic) bond motifs is 1. The molecule has 0 spiro atoms. The number of nitrogens with zero attached hydrogens (tertiary/aromatic N) is 1. The average Bonchev–Trinajstić information content (AvgIpc) is 2.80. The van der Waals surface area contributed by atoms with E-state index in [0.29, 0.717) is 31.3 Å². The zero-order chi connectivity index (χ0) is 17.4. The van der Waals surface area contributed by atoms with Gasteiger partial charge in [0.15, 0.2) is 11.5 Å². The molecule has 0 radical (unpaired) electrons. The first kappa shape index (κ1) is 17.8. The summed E-state index contributed by atoms with van der Waals surface area (Å²) >= 11 is 0. The van der Waals surface area contributed by atoms with Gasteiger partial charge in [-0.3, -0.25) is 9.59 Å². The van der Waals surface area contributed by atoms with Crippen LogP contribution in [0, 0.1) is 0 Å². The predicted molar refractivity (Wildman–Crippen MR) is 91.8 cm³/mol. The Morgan fingerprint density at radius 1 is 1.25 bits per heavy atom. The van der Waals surface area contributed by atoms with Gasteiger partial charge in [0.25, 0.3) is 0 Å². The molecule has 6 heteroatoms. The molecule has 1 aromatic carbocycles. The van der Waals surface area contributed by atoms with E-state index in [1.54, 1.807) is 6.08 Å². The maximum Gasteiger partial charge on any atom is 0.247 e. The van der Waals surface area contributed by atoms with E-state index >= 15 is 0 Å². The lowest BCUT2D eigenvalue weighted by atomic mass is 10.2. The molecule has 0 saturated carbocycles. The van der Waals surface area contributed by atoms with E-state index in [4.69, 9.17) is 15.2 Å². The van der Waals surface area contributed by atoms with Crippen molar-refractivity contribution < 1.29 is 19.1 Å². The Morgan fingerprint density at radius 3 is 2.71 bits per heavy atom. The summed E-state index contributed by atoms with van der Waals surface area (Å²) in [5, 5.41) is 0. The van der Waals surface area contributed by atoms with E-state index in [1.165, 1.54) is 11.0 Å². The Kier molecular flexibility index (Phi) is 6.66. The van der Waals surface area contributed by atoms with Gasteiger partial charge >= 0.3 is 0 Å². The van der Waals surface area contributed by atoms with Crippen molar-refractivity contribution in [2.45, 2.75) is 26.2 Å². The monoisotopic (exact) mass is 332 g/mol. The van der Waals surface area contributed by atoms with E-state index in [9.17, 15) is 9.59 Å². The normalized spacial score (nSPS) is 13.5. The molecule has 2 rings (SSSR count). The molecule has 6 nitrogen and oxygen atoms in total. The number of amides is 2. The number of carbonyl (C=O) groups excluding carboxylic acids is 2. The maximum absolute atomic E-state index is 12.3. The summed E-state index contributed by atoms with van der Waals surface area (Å²) in [7, 11) is 0. The number of carbonyl (C=O) groups is 2. The van der Waals surface area contributed by atoms with Crippen LogP contribution < -0.4 is 15.2 Å². The number of nitrogens with two attached hydrogens (primary N) is 1. The summed E-state index contributed by atoms with van der Waals surface area (Å²) in [6.07, 6.45) is 5.78. The van der Waals surface area contributed by atoms with E-state index in [-0.39, 0.29) is 12.5 Å². The van der Waals surface area contributed by atoms with Crippen LogP contribution in [0.4, 0.5) is 0 Å². The Bertz CT molecular complexity index is 613. The summed E-state index contributed by atoms with van der Waals surface area (Å²) < 4.78 is 11.2. The Hall–Kier alpha value is -2.50. The summed E-state index contributed by atoms with van der Waals surface area (Å²) in [5.74, 6) is 0.661. The Morgan fingerprint density at radius 2 is 2.00 bits per heavy atom. The van der Waals surface area contributed by atoms with Crippen LogP contribution in [0.2, 0.25) is 0 Å². The summed E-state index contributed by atoms with van der Waals surface area (Å²) in [6.45, 7) is 3.73. The van der Waals surface area contributed by atoms with Gasteiger partial charge in [0.1, 0.15) is 0 Å². The molecule has 1 aliphatic rings. The van der Waals surface area contributed by atoms with Crippen LogP contribution in [0.15, 0.2) is 24.3 Å². The molecule has 24 heavy (non-hydrogen) atoms. The number of benzene rings is 1. The maximum atomic E-state index is 12.3. The molecule has 0 saturated heterocycles. The van der Waals surface area contributed by atoms with Gasteiger partial charge in [0, 0.05) is 19.0 Å². The van der Waals surface area contributed by atoms with Gasteiger partial charge in [-0.05, 0) is 30.2 Å². The van der Waals surface area contributed by atoms with E-state index < -0.39 is 5.91 Å². The molecule has 0 bridgehead atoms. The van der Waals surface area contributed by atoms with Gasteiger partial charge in [-0.15, -0.1) is 0 Å². The van der Waals surface area contributed by atoms with Crippen LogP contribution in [0.3, 0.4) is 0 Å². The smallest absolute Gasteiger partial charge is 0.247 e. The fourth-order valence-electron chi connectivity index (χ4n) is 2.36. The summed E-state index contributed by atoms with van der Waals surface area (Å²) in [6, 6.07) is 5.54. The highest BCUT2D eigenvalue weighted by atomic mass is 16.5. The molecule has 130 valence electrons. The van der Waals surface area contributed by atoms with Crippen molar-refractivity contribution in [2.75, 3.05) is 26.3 Å². The standard InChI is InChI=1S/C18H24N2O4/c1-2-3-9-20(13-17(19)21)18(22)8-6-14-5-7-15-16(12-14)24-11-4-10-23-15/h5-8,12H,2-4,9-11,13H2,1H3,(H2,19,21)/b8-6+. The zero-order valence-electron chi connectivity index (χ0n) is 14.0. The Labute approximate surface area is 142 Å². The first-order valence-electron chi connectivity index (χ1n) is 8.25. The van der Waals surface area contributed by atoms with E-state index in [0.717, 1.165) is 24.8 Å². The highest BCUT2D eigenvalue weighted by Crippen LogP contribution is 2.30. The fraction of sp³-hybridized carbons (Fsp3) is 0.444. The average molecular weight is 332 g/mol. The highest BCUT2D eigenvalue weighted by Gasteiger charge is 2.13. The second-order valence-corrected chi connectivity index (χ2v) is 5.67. The largest absolute Gasteiger partial charge is 0.490 e. The number of hydrogen-bond donors (Lipinski definition) is 1.